The van der Waals surface area contributed by atoms with Gasteiger partial charge in [-0.1, -0.05) is 35.3 Å². The number of aryl methyl sites for hydroxylation is 1. The summed E-state index contributed by atoms with van der Waals surface area (Å²) in [5.41, 5.74) is 7.46. The van der Waals surface area contributed by atoms with Gasteiger partial charge in [0.15, 0.2) is 0 Å². The van der Waals surface area contributed by atoms with Crippen molar-refractivity contribution in [3.05, 3.63) is 33.8 Å². The van der Waals surface area contributed by atoms with E-state index in [1.807, 2.05) is 32.0 Å². The molecule has 1 unspecified atom stereocenters. The number of hydrogen-bond donors (Lipinski definition) is 2. The molecule has 0 saturated carbocycles. The fourth-order valence-corrected chi connectivity index (χ4v) is 2.34. The molecule has 0 fully saturated rings. The van der Waals surface area contributed by atoms with Gasteiger partial charge in [0.2, 0.25) is 5.91 Å². The van der Waals surface area contributed by atoms with Crippen molar-refractivity contribution >= 4 is 34.2 Å². The molecule has 5 heteroatoms. The van der Waals surface area contributed by atoms with Gasteiger partial charge in [0.1, 0.15) is 0 Å². The zero-order valence-electron chi connectivity index (χ0n) is 11.6. The van der Waals surface area contributed by atoms with Gasteiger partial charge in [-0.2, -0.15) is 0 Å². The van der Waals surface area contributed by atoms with Crippen molar-refractivity contribution in [1.82, 2.24) is 5.32 Å². The number of halogens is 2. The molecule has 1 aromatic rings. The van der Waals surface area contributed by atoms with Crippen molar-refractivity contribution in [3.63, 3.8) is 0 Å². The second-order valence-corrected chi connectivity index (χ2v) is 5.84. The Morgan fingerprint density at radius 3 is 2.63 bits per heavy atom. The first-order valence-electron chi connectivity index (χ1n) is 6.19. The first kappa shape index (κ1) is 18.4. The fourth-order valence-electron chi connectivity index (χ4n) is 1.87. The van der Waals surface area contributed by atoms with Gasteiger partial charge in [-0.05, 0) is 43.5 Å². The van der Waals surface area contributed by atoms with Crippen LogP contribution in [-0.2, 0) is 11.3 Å². The number of rotatable bonds is 5. The SMILES string of the molecule is CCCC(C)(N)C(=O)NCc1ccc(Br)cc1C.Cl. The van der Waals surface area contributed by atoms with Crippen molar-refractivity contribution in [3.8, 4) is 0 Å². The van der Waals surface area contributed by atoms with Gasteiger partial charge in [0.25, 0.3) is 0 Å². The van der Waals surface area contributed by atoms with Crippen LogP contribution in [-0.4, -0.2) is 11.4 Å². The second-order valence-electron chi connectivity index (χ2n) is 4.92. The van der Waals surface area contributed by atoms with Crippen molar-refractivity contribution in [2.24, 2.45) is 5.73 Å². The fraction of sp³-hybridized carbons (Fsp3) is 0.500. The van der Waals surface area contributed by atoms with Crippen LogP contribution in [0.3, 0.4) is 0 Å². The molecule has 0 heterocycles. The van der Waals surface area contributed by atoms with Crippen molar-refractivity contribution < 1.29 is 4.79 Å². The Hall–Kier alpha value is -0.580. The minimum Gasteiger partial charge on any atom is -0.350 e. The van der Waals surface area contributed by atoms with Crippen LogP contribution in [0.25, 0.3) is 0 Å². The van der Waals surface area contributed by atoms with Gasteiger partial charge in [-0.25, -0.2) is 0 Å². The molecule has 1 atom stereocenters. The summed E-state index contributed by atoms with van der Waals surface area (Å²) < 4.78 is 1.05. The highest BCUT2D eigenvalue weighted by Gasteiger charge is 2.26. The van der Waals surface area contributed by atoms with E-state index < -0.39 is 5.54 Å². The van der Waals surface area contributed by atoms with Crippen LogP contribution in [0.5, 0.6) is 0 Å². The lowest BCUT2D eigenvalue weighted by Gasteiger charge is -2.23. The molecule has 19 heavy (non-hydrogen) atoms. The van der Waals surface area contributed by atoms with Gasteiger partial charge < -0.3 is 11.1 Å². The Labute approximate surface area is 129 Å². The average molecular weight is 350 g/mol. The van der Waals surface area contributed by atoms with Crippen molar-refractivity contribution in [2.75, 3.05) is 0 Å². The summed E-state index contributed by atoms with van der Waals surface area (Å²) in [6, 6.07) is 6.02. The van der Waals surface area contributed by atoms with Gasteiger partial charge >= 0.3 is 0 Å². The lowest BCUT2D eigenvalue weighted by atomic mass is 9.96. The Kier molecular flexibility index (Phi) is 7.64. The highest BCUT2D eigenvalue weighted by molar-refractivity contribution is 9.10. The molecule has 108 valence electrons. The van der Waals surface area contributed by atoms with Crippen LogP contribution in [0.4, 0.5) is 0 Å². The summed E-state index contributed by atoms with van der Waals surface area (Å²) in [7, 11) is 0. The molecule has 0 spiro atoms. The standard InChI is InChI=1S/C14H21BrN2O.ClH/c1-4-7-14(3,16)13(18)17-9-11-5-6-12(15)8-10(11)2;/h5-6,8H,4,7,9,16H2,1-3H3,(H,17,18);1H. The summed E-state index contributed by atoms with van der Waals surface area (Å²) in [5, 5.41) is 2.91. The first-order valence-corrected chi connectivity index (χ1v) is 6.98. The van der Waals surface area contributed by atoms with Crippen LogP contribution in [0.15, 0.2) is 22.7 Å². The van der Waals surface area contributed by atoms with Crippen molar-refractivity contribution in [2.45, 2.75) is 45.7 Å². The highest BCUT2D eigenvalue weighted by atomic mass is 79.9. The van der Waals surface area contributed by atoms with E-state index in [-0.39, 0.29) is 18.3 Å². The topological polar surface area (TPSA) is 55.1 Å². The number of carbonyl (C=O) groups excluding carboxylic acids is 1. The quantitative estimate of drug-likeness (QED) is 0.857. The average Bonchev–Trinajstić information content (AvgIpc) is 2.27. The predicted molar refractivity (Wildman–Crippen MR) is 85.5 cm³/mol. The Balaban J connectivity index is 0.00000324. The van der Waals surface area contributed by atoms with Crippen LogP contribution in [0.2, 0.25) is 0 Å². The van der Waals surface area contributed by atoms with E-state index in [0.29, 0.717) is 13.0 Å². The van der Waals surface area contributed by atoms with E-state index in [1.54, 1.807) is 6.92 Å². The third kappa shape index (κ3) is 5.51. The van der Waals surface area contributed by atoms with Gasteiger partial charge in [0, 0.05) is 11.0 Å². The summed E-state index contributed by atoms with van der Waals surface area (Å²) in [6.45, 7) is 6.35. The molecule has 1 aromatic carbocycles. The van der Waals surface area contributed by atoms with Crippen LogP contribution >= 0.6 is 28.3 Å². The minimum absolute atomic E-state index is 0. The largest absolute Gasteiger partial charge is 0.350 e. The summed E-state index contributed by atoms with van der Waals surface area (Å²) in [4.78, 5) is 12.0. The molecule has 1 rings (SSSR count). The molecular weight excluding hydrogens is 328 g/mol. The van der Waals surface area contributed by atoms with E-state index in [0.717, 1.165) is 22.0 Å². The van der Waals surface area contributed by atoms with E-state index in [4.69, 9.17) is 5.73 Å². The number of hydrogen-bond acceptors (Lipinski definition) is 2. The van der Waals surface area contributed by atoms with E-state index >= 15 is 0 Å². The lowest BCUT2D eigenvalue weighted by molar-refractivity contribution is -0.126. The minimum atomic E-state index is -0.780. The summed E-state index contributed by atoms with van der Waals surface area (Å²) in [5.74, 6) is -0.0910. The zero-order chi connectivity index (χ0) is 13.8. The maximum Gasteiger partial charge on any atom is 0.240 e. The molecule has 0 aliphatic carbocycles. The monoisotopic (exact) mass is 348 g/mol. The van der Waals surface area contributed by atoms with Gasteiger partial charge in [0.05, 0.1) is 5.54 Å². The molecule has 3 N–H and O–H groups in total. The Morgan fingerprint density at radius 2 is 2.11 bits per heavy atom. The van der Waals surface area contributed by atoms with Crippen LogP contribution < -0.4 is 11.1 Å². The molecule has 0 aromatic heterocycles. The number of nitrogens with two attached hydrogens (primary N) is 1. The molecular formula is C14H22BrClN2O. The predicted octanol–water partition coefficient (Wildman–Crippen LogP) is 3.31. The summed E-state index contributed by atoms with van der Waals surface area (Å²) in [6.07, 6.45) is 1.59. The first-order chi connectivity index (χ1) is 8.36. The molecule has 3 nitrogen and oxygen atoms in total. The third-order valence-corrected chi connectivity index (χ3v) is 3.53. The molecule has 0 aliphatic heterocycles. The summed E-state index contributed by atoms with van der Waals surface area (Å²) >= 11 is 3.42. The molecule has 0 aliphatic rings. The van der Waals surface area contributed by atoms with E-state index in [9.17, 15) is 4.79 Å². The number of nitrogens with one attached hydrogen (secondary N) is 1. The lowest BCUT2D eigenvalue weighted by Crippen LogP contribution is -2.51. The van der Waals surface area contributed by atoms with Crippen LogP contribution in [0.1, 0.15) is 37.8 Å². The molecule has 0 bridgehead atoms. The number of amides is 1. The number of carbonyl (C=O) groups is 1. The normalized spacial score (nSPS) is 13.3. The smallest absolute Gasteiger partial charge is 0.240 e. The number of benzene rings is 1. The maximum atomic E-state index is 12.0. The Bertz CT molecular complexity index is 435. The Morgan fingerprint density at radius 1 is 1.47 bits per heavy atom. The van der Waals surface area contributed by atoms with Crippen LogP contribution in [0, 0.1) is 6.92 Å². The van der Waals surface area contributed by atoms with E-state index in [1.165, 1.54) is 0 Å². The molecule has 0 saturated heterocycles. The molecule has 1 amide bonds. The van der Waals surface area contributed by atoms with Crippen molar-refractivity contribution in [1.29, 1.82) is 0 Å². The second kappa shape index (κ2) is 7.88. The zero-order valence-corrected chi connectivity index (χ0v) is 14.0. The molecule has 0 radical (unpaired) electrons. The van der Waals surface area contributed by atoms with Gasteiger partial charge in [-0.3, -0.25) is 4.79 Å². The maximum absolute atomic E-state index is 12.0. The van der Waals surface area contributed by atoms with E-state index in [2.05, 4.69) is 21.2 Å². The highest BCUT2D eigenvalue weighted by Crippen LogP contribution is 2.16. The van der Waals surface area contributed by atoms with Gasteiger partial charge in [-0.15, -0.1) is 12.4 Å². The third-order valence-electron chi connectivity index (χ3n) is 3.03.